The molecule has 0 saturated heterocycles. The molecule has 0 aliphatic heterocycles. The van der Waals surface area contributed by atoms with Crippen LogP contribution in [0.3, 0.4) is 0 Å². The highest BCUT2D eigenvalue weighted by molar-refractivity contribution is 6.17. The van der Waals surface area contributed by atoms with Gasteiger partial charge in [0.15, 0.2) is 0 Å². The zero-order chi connectivity index (χ0) is 11.4. The van der Waals surface area contributed by atoms with Gasteiger partial charge in [-0.1, -0.05) is 30.3 Å². The third-order valence-electron chi connectivity index (χ3n) is 2.20. The van der Waals surface area contributed by atoms with Crippen LogP contribution < -0.4 is 4.74 Å². The highest BCUT2D eigenvalue weighted by atomic mass is 35.5. The molecule has 16 heavy (non-hydrogen) atoms. The average molecular weight is 235 g/mol. The van der Waals surface area contributed by atoms with Gasteiger partial charge in [-0.15, -0.1) is 11.6 Å². The molecule has 82 valence electrons. The molecule has 0 aliphatic carbocycles. The third kappa shape index (κ3) is 2.14. The summed E-state index contributed by atoms with van der Waals surface area (Å²) in [5, 5.41) is 0. The van der Waals surface area contributed by atoms with E-state index in [0.29, 0.717) is 17.5 Å². The molecule has 2 aromatic rings. The van der Waals surface area contributed by atoms with Crippen molar-refractivity contribution in [2.24, 2.45) is 0 Å². The molecule has 0 unspecified atom stereocenters. The number of halogens is 1. The summed E-state index contributed by atoms with van der Waals surface area (Å²) in [6.07, 6.45) is 1.70. The smallest absolute Gasteiger partial charge is 0.237 e. The van der Waals surface area contributed by atoms with Gasteiger partial charge in [0.05, 0.1) is 24.9 Å². The molecular weight excluding hydrogens is 224 g/mol. The number of aromatic nitrogens is 2. The SMILES string of the molecule is COc1nc(-c2ccccc2)cnc1CCl. The summed E-state index contributed by atoms with van der Waals surface area (Å²) >= 11 is 5.73. The van der Waals surface area contributed by atoms with Crippen LogP contribution in [0.4, 0.5) is 0 Å². The largest absolute Gasteiger partial charge is 0.480 e. The van der Waals surface area contributed by atoms with Gasteiger partial charge in [0.2, 0.25) is 5.88 Å². The van der Waals surface area contributed by atoms with Gasteiger partial charge >= 0.3 is 0 Å². The van der Waals surface area contributed by atoms with Crippen molar-refractivity contribution in [3.8, 4) is 17.1 Å². The van der Waals surface area contributed by atoms with Gasteiger partial charge in [-0.25, -0.2) is 4.98 Å². The first kappa shape index (κ1) is 10.9. The van der Waals surface area contributed by atoms with E-state index >= 15 is 0 Å². The molecule has 0 radical (unpaired) electrons. The van der Waals surface area contributed by atoms with Crippen LogP contribution >= 0.6 is 11.6 Å². The number of ether oxygens (including phenoxy) is 1. The number of benzene rings is 1. The first-order chi connectivity index (χ1) is 7.85. The monoisotopic (exact) mass is 234 g/mol. The van der Waals surface area contributed by atoms with E-state index in [4.69, 9.17) is 16.3 Å². The Balaban J connectivity index is 2.44. The van der Waals surface area contributed by atoms with Crippen LogP contribution in [0.1, 0.15) is 5.69 Å². The number of rotatable bonds is 3. The number of methoxy groups -OCH3 is 1. The van der Waals surface area contributed by atoms with Crippen LogP contribution in [-0.4, -0.2) is 17.1 Å². The highest BCUT2D eigenvalue weighted by Gasteiger charge is 2.07. The maximum absolute atomic E-state index is 5.73. The lowest BCUT2D eigenvalue weighted by molar-refractivity contribution is 0.392. The third-order valence-corrected chi connectivity index (χ3v) is 2.45. The number of nitrogens with zero attached hydrogens (tertiary/aromatic N) is 2. The highest BCUT2D eigenvalue weighted by Crippen LogP contribution is 2.21. The maximum Gasteiger partial charge on any atom is 0.237 e. The van der Waals surface area contributed by atoms with E-state index in [1.54, 1.807) is 13.3 Å². The molecule has 4 heteroatoms. The Labute approximate surface area is 99.1 Å². The van der Waals surface area contributed by atoms with Crippen molar-refractivity contribution in [2.45, 2.75) is 5.88 Å². The lowest BCUT2D eigenvalue weighted by atomic mass is 10.2. The van der Waals surface area contributed by atoms with Gasteiger partial charge in [0.25, 0.3) is 0 Å². The molecule has 1 aromatic carbocycles. The van der Waals surface area contributed by atoms with Gasteiger partial charge in [0.1, 0.15) is 5.69 Å². The molecule has 3 nitrogen and oxygen atoms in total. The molecule has 2 rings (SSSR count). The molecule has 0 amide bonds. The summed E-state index contributed by atoms with van der Waals surface area (Å²) in [5.74, 6) is 0.780. The maximum atomic E-state index is 5.73. The molecule has 0 saturated carbocycles. The van der Waals surface area contributed by atoms with Gasteiger partial charge in [-0.05, 0) is 0 Å². The molecule has 0 spiro atoms. The van der Waals surface area contributed by atoms with E-state index in [9.17, 15) is 0 Å². The second kappa shape index (κ2) is 4.94. The lowest BCUT2D eigenvalue weighted by Crippen LogP contribution is -1.98. The molecule has 1 heterocycles. The van der Waals surface area contributed by atoms with Crippen molar-refractivity contribution in [3.63, 3.8) is 0 Å². The fraction of sp³-hybridized carbons (Fsp3) is 0.167. The first-order valence-electron chi connectivity index (χ1n) is 4.86. The van der Waals surface area contributed by atoms with E-state index in [1.807, 2.05) is 30.3 Å². The van der Waals surface area contributed by atoms with Crippen molar-refractivity contribution in [2.75, 3.05) is 7.11 Å². The zero-order valence-electron chi connectivity index (χ0n) is 8.85. The van der Waals surface area contributed by atoms with Crippen molar-refractivity contribution >= 4 is 11.6 Å². The van der Waals surface area contributed by atoms with Crippen LogP contribution in [0.5, 0.6) is 5.88 Å². The van der Waals surface area contributed by atoms with Crippen LogP contribution in [-0.2, 0) is 5.88 Å². The summed E-state index contributed by atoms with van der Waals surface area (Å²) in [6, 6.07) is 9.83. The fourth-order valence-electron chi connectivity index (χ4n) is 1.40. The van der Waals surface area contributed by atoms with E-state index in [0.717, 1.165) is 11.3 Å². The minimum absolute atomic E-state index is 0.297. The van der Waals surface area contributed by atoms with Crippen LogP contribution in [0, 0.1) is 0 Å². The molecule has 0 fully saturated rings. The number of alkyl halides is 1. The van der Waals surface area contributed by atoms with Crippen LogP contribution in [0.25, 0.3) is 11.3 Å². The van der Waals surface area contributed by atoms with Gasteiger partial charge in [-0.3, -0.25) is 4.98 Å². The predicted octanol–water partition coefficient (Wildman–Crippen LogP) is 2.89. The van der Waals surface area contributed by atoms with Crippen molar-refractivity contribution in [1.82, 2.24) is 9.97 Å². The Morgan fingerprint density at radius 3 is 2.62 bits per heavy atom. The Bertz CT molecular complexity index is 474. The second-order valence-electron chi connectivity index (χ2n) is 3.21. The minimum Gasteiger partial charge on any atom is -0.480 e. The van der Waals surface area contributed by atoms with Gasteiger partial charge in [0, 0.05) is 5.56 Å². The van der Waals surface area contributed by atoms with Gasteiger partial charge < -0.3 is 4.74 Å². The van der Waals surface area contributed by atoms with Crippen molar-refractivity contribution in [1.29, 1.82) is 0 Å². The van der Waals surface area contributed by atoms with E-state index in [1.165, 1.54) is 0 Å². The number of hydrogen-bond donors (Lipinski definition) is 0. The van der Waals surface area contributed by atoms with Crippen molar-refractivity contribution in [3.05, 3.63) is 42.2 Å². The van der Waals surface area contributed by atoms with E-state index < -0.39 is 0 Å². The molecule has 0 aliphatic rings. The minimum atomic E-state index is 0.297. The van der Waals surface area contributed by atoms with Crippen LogP contribution in [0.15, 0.2) is 36.5 Å². The van der Waals surface area contributed by atoms with Gasteiger partial charge in [-0.2, -0.15) is 0 Å². The quantitative estimate of drug-likeness (QED) is 0.766. The summed E-state index contributed by atoms with van der Waals surface area (Å²) in [6.45, 7) is 0. The molecule has 0 bridgehead atoms. The summed E-state index contributed by atoms with van der Waals surface area (Å²) in [7, 11) is 1.56. The Kier molecular flexibility index (Phi) is 3.37. The molecule has 0 atom stereocenters. The van der Waals surface area contributed by atoms with Crippen LogP contribution in [0.2, 0.25) is 0 Å². The predicted molar refractivity (Wildman–Crippen MR) is 63.6 cm³/mol. The standard InChI is InChI=1S/C12H11ClN2O/c1-16-12-10(7-13)14-8-11(15-12)9-5-3-2-4-6-9/h2-6,8H,7H2,1H3. The lowest BCUT2D eigenvalue weighted by Gasteiger charge is -2.06. The first-order valence-corrected chi connectivity index (χ1v) is 5.40. The topological polar surface area (TPSA) is 35.0 Å². The molecule has 1 aromatic heterocycles. The Hall–Kier alpha value is -1.61. The zero-order valence-corrected chi connectivity index (χ0v) is 9.61. The molecular formula is C12H11ClN2O. The van der Waals surface area contributed by atoms with Crippen molar-refractivity contribution < 1.29 is 4.74 Å². The normalized spacial score (nSPS) is 10.1. The summed E-state index contributed by atoms with van der Waals surface area (Å²) in [4.78, 5) is 8.59. The Morgan fingerprint density at radius 2 is 2.00 bits per heavy atom. The summed E-state index contributed by atoms with van der Waals surface area (Å²) in [5.41, 5.74) is 2.45. The fourth-order valence-corrected chi connectivity index (χ4v) is 1.58. The van der Waals surface area contributed by atoms with E-state index in [2.05, 4.69) is 9.97 Å². The Morgan fingerprint density at radius 1 is 1.25 bits per heavy atom. The summed E-state index contributed by atoms with van der Waals surface area (Å²) < 4.78 is 5.14. The number of hydrogen-bond acceptors (Lipinski definition) is 3. The average Bonchev–Trinajstić information content (AvgIpc) is 2.39. The molecule has 0 N–H and O–H groups in total. The van der Waals surface area contributed by atoms with E-state index in [-0.39, 0.29) is 0 Å². The second-order valence-corrected chi connectivity index (χ2v) is 3.48.